The molecule has 1 unspecified atom stereocenters. The fourth-order valence-corrected chi connectivity index (χ4v) is 5.62. The van der Waals surface area contributed by atoms with Crippen molar-refractivity contribution < 1.29 is 14.0 Å². The summed E-state index contributed by atoms with van der Waals surface area (Å²) >= 11 is 0. The summed E-state index contributed by atoms with van der Waals surface area (Å²) in [6.07, 6.45) is 6.34. The monoisotopic (exact) mass is 370 g/mol. The molecule has 1 saturated carbocycles. The lowest BCUT2D eigenvalue weighted by Crippen LogP contribution is -2.22. The van der Waals surface area contributed by atoms with Crippen LogP contribution < -0.4 is 9.83 Å². The molecule has 4 rings (SSSR count). The second-order valence-corrected chi connectivity index (χ2v) is 10.4. The van der Waals surface area contributed by atoms with E-state index in [1.54, 1.807) is 12.1 Å². The predicted octanol–water partition coefficient (Wildman–Crippen LogP) is 5.90. The van der Waals surface area contributed by atoms with E-state index in [9.17, 15) is 9.46 Å². The molecule has 0 bridgehead atoms. The van der Waals surface area contributed by atoms with Gasteiger partial charge >= 0.3 is 7.60 Å². The molecule has 0 aromatic heterocycles. The standard InChI is InChI=1S/C22H27O3P/c1-22(2,3)19-14-16(15-9-5-4-6-10-15)13-18-17-11-7-8-12-20(17)26(23,24)25-21(18)19/h7-8,11-15H,4-6,9-10H2,1-3H3,(H,23,24). The molecule has 1 aliphatic carbocycles. The number of hydrogen-bond acceptors (Lipinski definition) is 2. The van der Waals surface area contributed by atoms with Crippen LogP contribution in [-0.4, -0.2) is 4.89 Å². The zero-order valence-corrected chi connectivity index (χ0v) is 16.7. The van der Waals surface area contributed by atoms with E-state index in [4.69, 9.17) is 4.52 Å². The number of rotatable bonds is 1. The van der Waals surface area contributed by atoms with Gasteiger partial charge in [0.2, 0.25) is 0 Å². The van der Waals surface area contributed by atoms with Crippen LogP contribution >= 0.6 is 7.60 Å². The molecule has 0 spiro atoms. The van der Waals surface area contributed by atoms with Gasteiger partial charge in [0.25, 0.3) is 0 Å². The fraction of sp³-hybridized carbons (Fsp3) is 0.455. The van der Waals surface area contributed by atoms with Gasteiger partial charge < -0.3 is 9.42 Å². The van der Waals surface area contributed by atoms with E-state index < -0.39 is 7.60 Å². The van der Waals surface area contributed by atoms with Gasteiger partial charge in [0.05, 0.1) is 5.30 Å². The maximum Gasteiger partial charge on any atom is 0.408 e. The molecule has 2 aromatic rings. The summed E-state index contributed by atoms with van der Waals surface area (Å²) in [7, 11) is -3.85. The van der Waals surface area contributed by atoms with E-state index in [1.165, 1.54) is 37.7 Å². The summed E-state index contributed by atoms with van der Waals surface area (Å²) < 4.78 is 18.6. The van der Waals surface area contributed by atoms with Crippen molar-refractivity contribution in [3.8, 4) is 16.9 Å². The first-order valence-electron chi connectivity index (χ1n) is 9.58. The van der Waals surface area contributed by atoms with Crippen molar-refractivity contribution in [3.05, 3.63) is 47.5 Å². The molecular formula is C22H27O3P. The van der Waals surface area contributed by atoms with Crippen molar-refractivity contribution in [2.24, 2.45) is 0 Å². The molecular weight excluding hydrogens is 343 g/mol. The predicted molar refractivity (Wildman–Crippen MR) is 106 cm³/mol. The molecule has 0 saturated heterocycles. The fourth-order valence-electron chi connectivity index (χ4n) is 4.30. The van der Waals surface area contributed by atoms with Crippen molar-refractivity contribution in [2.45, 2.75) is 64.2 Å². The third-order valence-electron chi connectivity index (χ3n) is 5.71. The second kappa shape index (κ2) is 6.25. The Morgan fingerprint density at radius 2 is 1.73 bits per heavy atom. The molecule has 1 aliphatic heterocycles. The normalized spacial score (nSPS) is 23.1. The molecule has 2 aliphatic rings. The summed E-state index contributed by atoms with van der Waals surface area (Å²) in [5.74, 6) is 1.16. The Labute approximate surface area is 155 Å². The minimum atomic E-state index is -3.85. The molecule has 138 valence electrons. The Bertz CT molecular complexity index is 889. The highest BCUT2D eigenvalue weighted by molar-refractivity contribution is 7.62. The van der Waals surface area contributed by atoms with Gasteiger partial charge in [0, 0.05) is 16.7 Å². The average molecular weight is 370 g/mol. The van der Waals surface area contributed by atoms with Gasteiger partial charge in [-0.15, -0.1) is 0 Å². The van der Waals surface area contributed by atoms with Crippen LogP contribution in [0.15, 0.2) is 36.4 Å². The van der Waals surface area contributed by atoms with E-state index in [0.29, 0.717) is 17.0 Å². The van der Waals surface area contributed by atoms with Crippen LogP contribution in [-0.2, 0) is 9.98 Å². The van der Waals surface area contributed by atoms with Crippen LogP contribution in [0.25, 0.3) is 11.1 Å². The largest absolute Gasteiger partial charge is 0.420 e. The Balaban J connectivity index is 1.97. The highest BCUT2D eigenvalue weighted by Gasteiger charge is 2.38. The van der Waals surface area contributed by atoms with Gasteiger partial charge in [-0.3, -0.25) is 0 Å². The molecule has 0 radical (unpaired) electrons. The van der Waals surface area contributed by atoms with Crippen molar-refractivity contribution in [1.29, 1.82) is 0 Å². The van der Waals surface area contributed by atoms with Gasteiger partial charge in [0.15, 0.2) is 0 Å². The Kier molecular flexibility index (Phi) is 4.28. The SMILES string of the molecule is CC(C)(C)c1cc(C2CCCCC2)cc2c1OP(=O)(O)c1ccccc1-2. The van der Waals surface area contributed by atoms with E-state index in [2.05, 4.69) is 32.9 Å². The third-order valence-corrected chi connectivity index (χ3v) is 7.14. The van der Waals surface area contributed by atoms with E-state index >= 15 is 0 Å². The quantitative estimate of drug-likeness (QED) is 0.636. The van der Waals surface area contributed by atoms with Crippen molar-refractivity contribution in [3.63, 3.8) is 0 Å². The van der Waals surface area contributed by atoms with Crippen LogP contribution in [0.2, 0.25) is 0 Å². The molecule has 4 heteroatoms. The summed E-state index contributed by atoms with van der Waals surface area (Å²) in [5, 5.41) is 0.410. The lowest BCUT2D eigenvalue weighted by Gasteiger charge is -2.33. The zero-order chi connectivity index (χ0) is 18.5. The second-order valence-electron chi connectivity index (χ2n) is 8.66. The Morgan fingerprint density at radius 1 is 1.04 bits per heavy atom. The molecule has 1 fully saturated rings. The molecule has 3 nitrogen and oxygen atoms in total. The van der Waals surface area contributed by atoms with Crippen molar-refractivity contribution in [1.82, 2.24) is 0 Å². The highest BCUT2D eigenvalue weighted by Crippen LogP contribution is 2.55. The first-order valence-corrected chi connectivity index (χ1v) is 11.2. The van der Waals surface area contributed by atoms with E-state index in [0.717, 1.165) is 16.7 Å². The minimum absolute atomic E-state index is 0.166. The van der Waals surface area contributed by atoms with Crippen LogP contribution in [0, 0.1) is 0 Å². The molecule has 0 amide bonds. The minimum Gasteiger partial charge on any atom is -0.420 e. The van der Waals surface area contributed by atoms with Gasteiger partial charge in [-0.1, -0.05) is 64.3 Å². The molecule has 1 atom stereocenters. The van der Waals surface area contributed by atoms with Gasteiger partial charge in [0.1, 0.15) is 5.75 Å². The Morgan fingerprint density at radius 3 is 2.42 bits per heavy atom. The number of hydrogen-bond donors (Lipinski definition) is 1. The lowest BCUT2D eigenvalue weighted by atomic mass is 9.78. The number of benzene rings is 2. The van der Waals surface area contributed by atoms with E-state index in [-0.39, 0.29) is 5.41 Å². The molecule has 2 aromatic carbocycles. The molecule has 1 heterocycles. The molecule has 1 N–H and O–H groups in total. The maximum absolute atomic E-state index is 12.8. The van der Waals surface area contributed by atoms with Gasteiger partial charge in [-0.25, -0.2) is 4.57 Å². The lowest BCUT2D eigenvalue weighted by molar-refractivity contribution is 0.386. The first-order chi connectivity index (χ1) is 12.3. The van der Waals surface area contributed by atoms with Crippen LogP contribution in [0.3, 0.4) is 0 Å². The molecule has 26 heavy (non-hydrogen) atoms. The van der Waals surface area contributed by atoms with Crippen LogP contribution in [0.5, 0.6) is 5.75 Å². The van der Waals surface area contributed by atoms with Crippen molar-refractivity contribution >= 4 is 12.9 Å². The smallest absolute Gasteiger partial charge is 0.408 e. The average Bonchev–Trinajstić information content (AvgIpc) is 2.61. The third kappa shape index (κ3) is 3.02. The summed E-state index contributed by atoms with van der Waals surface area (Å²) in [6, 6.07) is 11.8. The highest BCUT2D eigenvalue weighted by atomic mass is 31.2. The van der Waals surface area contributed by atoms with Crippen molar-refractivity contribution in [2.75, 3.05) is 0 Å². The summed E-state index contributed by atoms with van der Waals surface area (Å²) in [5.41, 5.74) is 4.01. The van der Waals surface area contributed by atoms with E-state index in [1.807, 2.05) is 12.1 Å². The first kappa shape index (κ1) is 17.8. The summed E-state index contributed by atoms with van der Waals surface area (Å²) in [6.45, 7) is 6.41. The zero-order valence-electron chi connectivity index (χ0n) is 15.8. The topological polar surface area (TPSA) is 46.5 Å². The van der Waals surface area contributed by atoms with Crippen LogP contribution in [0.1, 0.15) is 69.9 Å². The van der Waals surface area contributed by atoms with Gasteiger partial charge in [-0.05, 0) is 41.9 Å². The number of fused-ring (bicyclic) bond motifs is 3. The maximum atomic E-state index is 12.8. The van der Waals surface area contributed by atoms with Crippen LogP contribution in [0.4, 0.5) is 0 Å². The summed E-state index contributed by atoms with van der Waals surface area (Å²) in [4.78, 5) is 10.5. The Hall–Kier alpha value is -1.57. The van der Waals surface area contributed by atoms with Gasteiger partial charge in [-0.2, -0.15) is 0 Å².